The summed E-state index contributed by atoms with van der Waals surface area (Å²) in [6.07, 6.45) is 0. The average molecular weight is 287 g/mol. The van der Waals surface area contributed by atoms with Gasteiger partial charge in [-0.15, -0.1) is 0 Å². The number of pyridine rings is 1. The molecular weight excluding hydrogens is 262 g/mol. The van der Waals surface area contributed by atoms with Gasteiger partial charge in [0.05, 0.1) is 12.3 Å². The lowest BCUT2D eigenvalue weighted by Gasteiger charge is -2.24. The number of nitrogens with one attached hydrogen (secondary N) is 1. The van der Waals surface area contributed by atoms with Crippen LogP contribution in [0.5, 0.6) is 0 Å². The lowest BCUT2D eigenvalue weighted by molar-refractivity contribution is 0.205. The minimum atomic E-state index is 0.710. The van der Waals surface area contributed by atoms with Crippen LogP contribution in [0.15, 0.2) is 30.3 Å². The molecule has 0 amide bonds. The lowest BCUT2D eigenvalue weighted by atomic mass is 10.1. The Kier molecular flexibility index (Phi) is 5.96. The highest BCUT2D eigenvalue weighted by atomic mass is 16.5. The maximum Gasteiger partial charge on any atom is 0.136 e. The number of fused-ring (bicyclic) bond motifs is 1. The molecule has 4 nitrogen and oxygen atoms in total. The molecule has 21 heavy (non-hydrogen) atoms. The fraction of sp³-hybridized carbons (Fsp3) is 0.471. The third kappa shape index (κ3) is 3.93. The molecule has 0 fully saturated rings. The molecule has 0 saturated heterocycles. The van der Waals surface area contributed by atoms with E-state index in [1.807, 2.05) is 0 Å². The van der Waals surface area contributed by atoms with Crippen LogP contribution in [0.4, 0.5) is 5.82 Å². The summed E-state index contributed by atoms with van der Waals surface area (Å²) in [4.78, 5) is 7.15. The Balaban J connectivity index is 2.42. The summed E-state index contributed by atoms with van der Waals surface area (Å²) >= 11 is 0. The van der Waals surface area contributed by atoms with E-state index in [9.17, 15) is 0 Å². The molecule has 114 valence electrons. The van der Waals surface area contributed by atoms with Crippen molar-refractivity contribution >= 4 is 16.6 Å². The SMILES string of the molecule is CCNCc1cc2ccccc2c(N(CC)CCOC)n1. The second kappa shape index (κ2) is 7.96. The van der Waals surface area contributed by atoms with Crippen molar-refractivity contribution in [3.05, 3.63) is 36.0 Å². The standard InChI is InChI=1S/C17H25N3O/c1-4-18-13-15-12-14-8-6-7-9-16(14)17(19-15)20(5-2)10-11-21-3/h6-9,12,18H,4-5,10-11,13H2,1-3H3. The van der Waals surface area contributed by atoms with Gasteiger partial charge >= 0.3 is 0 Å². The van der Waals surface area contributed by atoms with Crippen molar-refractivity contribution in [3.8, 4) is 0 Å². The largest absolute Gasteiger partial charge is 0.383 e. The van der Waals surface area contributed by atoms with Crippen molar-refractivity contribution in [2.45, 2.75) is 20.4 Å². The van der Waals surface area contributed by atoms with Gasteiger partial charge in [-0.25, -0.2) is 4.98 Å². The Hall–Kier alpha value is -1.65. The van der Waals surface area contributed by atoms with Crippen molar-refractivity contribution in [2.24, 2.45) is 0 Å². The van der Waals surface area contributed by atoms with E-state index in [0.29, 0.717) is 6.61 Å². The summed E-state index contributed by atoms with van der Waals surface area (Å²) in [6, 6.07) is 10.6. The smallest absolute Gasteiger partial charge is 0.136 e. The second-order valence-corrected chi connectivity index (χ2v) is 5.01. The number of nitrogens with zero attached hydrogens (tertiary/aromatic N) is 2. The number of aromatic nitrogens is 1. The predicted molar refractivity (Wildman–Crippen MR) is 88.9 cm³/mol. The van der Waals surface area contributed by atoms with Gasteiger partial charge < -0.3 is 15.0 Å². The number of benzene rings is 1. The maximum absolute atomic E-state index is 5.22. The maximum atomic E-state index is 5.22. The molecule has 1 N–H and O–H groups in total. The van der Waals surface area contributed by atoms with Gasteiger partial charge in [0.1, 0.15) is 5.82 Å². The Morgan fingerprint density at radius 3 is 2.76 bits per heavy atom. The van der Waals surface area contributed by atoms with E-state index < -0.39 is 0 Å². The minimum absolute atomic E-state index is 0.710. The number of hydrogen-bond acceptors (Lipinski definition) is 4. The molecule has 4 heteroatoms. The van der Waals surface area contributed by atoms with Crippen molar-refractivity contribution < 1.29 is 4.74 Å². The predicted octanol–water partition coefficient (Wildman–Crippen LogP) is 2.82. The van der Waals surface area contributed by atoms with E-state index >= 15 is 0 Å². The molecular formula is C17H25N3O. The first-order valence-corrected chi connectivity index (χ1v) is 7.63. The molecule has 0 aliphatic carbocycles. The van der Waals surface area contributed by atoms with E-state index in [-0.39, 0.29) is 0 Å². The summed E-state index contributed by atoms with van der Waals surface area (Å²) in [6.45, 7) is 8.50. The Labute approximate surface area is 127 Å². The topological polar surface area (TPSA) is 37.4 Å². The fourth-order valence-corrected chi connectivity index (χ4v) is 2.43. The van der Waals surface area contributed by atoms with Gasteiger partial charge in [0, 0.05) is 32.1 Å². The molecule has 0 aliphatic heterocycles. The van der Waals surface area contributed by atoms with Crippen LogP contribution < -0.4 is 10.2 Å². The molecule has 1 aromatic carbocycles. The number of hydrogen-bond donors (Lipinski definition) is 1. The van der Waals surface area contributed by atoms with Crippen LogP contribution in [0.2, 0.25) is 0 Å². The van der Waals surface area contributed by atoms with E-state index in [4.69, 9.17) is 9.72 Å². The Bertz CT molecular complexity index is 571. The molecule has 2 rings (SSSR count). The molecule has 1 aromatic heterocycles. The molecule has 0 spiro atoms. The summed E-state index contributed by atoms with van der Waals surface area (Å²) in [5.41, 5.74) is 1.08. The molecule has 0 aliphatic rings. The van der Waals surface area contributed by atoms with Crippen LogP contribution in [0.1, 0.15) is 19.5 Å². The number of likely N-dealkylation sites (N-methyl/N-ethyl adjacent to an activating group) is 1. The number of ether oxygens (including phenoxy) is 1. The highest BCUT2D eigenvalue weighted by Crippen LogP contribution is 2.25. The zero-order chi connectivity index (χ0) is 15.1. The van der Waals surface area contributed by atoms with E-state index in [1.54, 1.807) is 7.11 Å². The van der Waals surface area contributed by atoms with Crippen LogP contribution in [-0.4, -0.2) is 38.3 Å². The lowest BCUT2D eigenvalue weighted by Crippen LogP contribution is -2.28. The highest BCUT2D eigenvalue weighted by Gasteiger charge is 2.11. The minimum Gasteiger partial charge on any atom is -0.383 e. The monoisotopic (exact) mass is 287 g/mol. The van der Waals surface area contributed by atoms with Gasteiger partial charge in [-0.05, 0) is 24.9 Å². The second-order valence-electron chi connectivity index (χ2n) is 5.01. The summed E-state index contributed by atoms with van der Waals surface area (Å²) in [5.74, 6) is 1.06. The van der Waals surface area contributed by atoms with Gasteiger partial charge in [0.2, 0.25) is 0 Å². The summed E-state index contributed by atoms with van der Waals surface area (Å²) in [5, 5.41) is 5.80. The van der Waals surface area contributed by atoms with Gasteiger partial charge in [-0.3, -0.25) is 0 Å². The van der Waals surface area contributed by atoms with Gasteiger partial charge in [-0.1, -0.05) is 31.2 Å². The van der Waals surface area contributed by atoms with Crippen LogP contribution in [0.3, 0.4) is 0 Å². The quantitative estimate of drug-likeness (QED) is 0.810. The normalized spacial score (nSPS) is 11.0. The molecule has 2 aromatic rings. The average Bonchev–Trinajstić information content (AvgIpc) is 2.53. The van der Waals surface area contributed by atoms with E-state index in [1.165, 1.54) is 10.8 Å². The van der Waals surface area contributed by atoms with Crippen LogP contribution >= 0.6 is 0 Å². The fourth-order valence-electron chi connectivity index (χ4n) is 2.43. The van der Waals surface area contributed by atoms with E-state index in [0.717, 1.165) is 37.7 Å². The molecule has 0 bridgehead atoms. The van der Waals surface area contributed by atoms with Crippen molar-refractivity contribution in [2.75, 3.05) is 38.3 Å². The van der Waals surface area contributed by atoms with Gasteiger partial charge in [0.25, 0.3) is 0 Å². The molecule has 0 unspecified atom stereocenters. The zero-order valence-electron chi connectivity index (χ0n) is 13.2. The number of anilines is 1. The zero-order valence-corrected chi connectivity index (χ0v) is 13.2. The summed E-state index contributed by atoms with van der Waals surface area (Å²) in [7, 11) is 1.74. The molecule has 0 saturated carbocycles. The number of methoxy groups -OCH3 is 1. The summed E-state index contributed by atoms with van der Waals surface area (Å²) < 4.78 is 5.22. The van der Waals surface area contributed by atoms with Gasteiger partial charge in [0.15, 0.2) is 0 Å². The Morgan fingerprint density at radius 2 is 2.05 bits per heavy atom. The third-order valence-corrected chi connectivity index (χ3v) is 3.58. The van der Waals surface area contributed by atoms with Crippen molar-refractivity contribution in [3.63, 3.8) is 0 Å². The van der Waals surface area contributed by atoms with Crippen LogP contribution in [0.25, 0.3) is 10.8 Å². The first kappa shape index (κ1) is 15.7. The van der Waals surface area contributed by atoms with Crippen LogP contribution in [0, 0.1) is 0 Å². The Morgan fingerprint density at radius 1 is 1.24 bits per heavy atom. The third-order valence-electron chi connectivity index (χ3n) is 3.58. The van der Waals surface area contributed by atoms with Crippen molar-refractivity contribution in [1.82, 2.24) is 10.3 Å². The molecule has 1 heterocycles. The van der Waals surface area contributed by atoms with Crippen LogP contribution in [-0.2, 0) is 11.3 Å². The first-order valence-electron chi connectivity index (χ1n) is 7.63. The number of rotatable bonds is 8. The van der Waals surface area contributed by atoms with Gasteiger partial charge in [-0.2, -0.15) is 0 Å². The first-order chi connectivity index (χ1) is 10.3. The highest BCUT2D eigenvalue weighted by molar-refractivity contribution is 5.92. The molecule has 0 radical (unpaired) electrons. The van der Waals surface area contributed by atoms with Crippen molar-refractivity contribution in [1.29, 1.82) is 0 Å². The molecule has 0 atom stereocenters. The van der Waals surface area contributed by atoms with E-state index in [2.05, 4.69) is 54.4 Å².